The van der Waals surface area contributed by atoms with Crippen LogP contribution in [0.1, 0.15) is 46.5 Å². The van der Waals surface area contributed by atoms with Crippen molar-refractivity contribution in [3.8, 4) is 0 Å². The van der Waals surface area contributed by atoms with E-state index in [1.54, 1.807) is 0 Å². The Bertz CT molecular complexity index is 411. The maximum Gasteiger partial charge on any atom is 0.201 e. The van der Waals surface area contributed by atoms with Gasteiger partial charge in [-0.15, -0.1) is 0 Å². The van der Waals surface area contributed by atoms with Crippen LogP contribution in [0.5, 0.6) is 0 Å². The topological polar surface area (TPSA) is 57.2 Å². The Morgan fingerprint density at radius 3 is 2.65 bits per heavy atom. The van der Waals surface area contributed by atoms with Gasteiger partial charge in [0, 0.05) is 18.3 Å². The number of fused-ring (bicyclic) bond motifs is 2. The molecule has 0 radical (unpaired) electrons. The van der Waals surface area contributed by atoms with Gasteiger partial charge in [0.1, 0.15) is 0 Å². The lowest BCUT2D eigenvalue weighted by Gasteiger charge is -2.59. The molecule has 0 amide bonds. The van der Waals surface area contributed by atoms with E-state index < -0.39 is 24.0 Å². The van der Waals surface area contributed by atoms with Crippen molar-refractivity contribution in [1.29, 1.82) is 0 Å². The first-order valence-electron chi connectivity index (χ1n) is 7.84. The van der Waals surface area contributed by atoms with Crippen molar-refractivity contribution in [2.24, 2.45) is 23.7 Å². The Morgan fingerprint density at radius 2 is 1.85 bits per heavy atom. The van der Waals surface area contributed by atoms with E-state index >= 15 is 0 Å². The quantitative estimate of drug-likeness (QED) is 0.691. The van der Waals surface area contributed by atoms with Gasteiger partial charge in [0.15, 0.2) is 18.2 Å². The van der Waals surface area contributed by atoms with Crippen LogP contribution in [-0.4, -0.2) is 29.1 Å². The number of rotatable bonds is 0. The summed E-state index contributed by atoms with van der Waals surface area (Å²) in [6.45, 7) is 6.22. The summed E-state index contributed by atoms with van der Waals surface area (Å²) in [6, 6.07) is 0. The van der Waals surface area contributed by atoms with Crippen LogP contribution in [0.15, 0.2) is 0 Å². The first-order chi connectivity index (χ1) is 9.46. The molecule has 5 rings (SSSR count). The number of hydrogen-bond donors (Lipinski definition) is 1. The Hall–Kier alpha value is -0.200. The van der Waals surface area contributed by atoms with Crippen LogP contribution in [0.25, 0.3) is 0 Å². The van der Waals surface area contributed by atoms with E-state index in [-0.39, 0.29) is 11.8 Å². The van der Waals surface area contributed by atoms with Crippen LogP contribution < -0.4 is 0 Å². The second-order valence-corrected chi connectivity index (χ2v) is 7.30. The van der Waals surface area contributed by atoms with Crippen molar-refractivity contribution in [3.63, 3.8) is 0 Å². The minimum atomic E-state index is -0.781. The fraction of sp³-hybridized carbons (Fsp3) is 1.00. The van der Waals surface area contributed by atoms with Gasteiger partial charge in [-0.2, -0.15) is 0 Å². The van der Waals surface area contributed by atoms with Crippen molar-refractivity contribution in [1.82, 2.24) is 0 Å². The Kier molecular flexibility index (Phi) is 2.81. The normalized spacial score (nSPS) is 61.8. The Morgan fingerprint density at radius 1 is 1.05 bits per heavy atom. The summed E-state index contributed by atoms with van der Waals surface area (Å²) in [6.07, 6.45) is 2.72. The second-order valence-electron chi connectivity index (χ2n) is 7.30. The number of hydrogen-bond acceptors (Lipinski definition) is 5. The van der Waals surface area contributed by atoms with Crippen LogP contribution in [0.2, 0.25) is 0 Å². The third-order valence-electron chi connectivity index (χ3n) is 6.12. The third kappa shape index (κ3) is 1.56. The first-order valence-corrected chi connectivity index (χ1v) is 7.84. The van der Waals surface area contributed by atoms with Crippen LogP contribution in [0.4, 0.5) is 0 Å². The highest BCUT2D eigenvalue weighted by Crippen LogP contribution is 2.60. The predicted octanol–water partition coefficient (Wildman–Crippen LogP) is 2.19. The molecule has 1 spiro atoms. The van der Waals surface area contributed by atoms with Gasteiger partial charge in [0.05, 0.1) is 0 Å². The lowest BCUT2D eigenvalue weighted by Crippen LogP contribution is -2.70. The molecule has 1 unspecified atom stereocenters. The summed E-state index contributed by atoms with van der Waals surface area (Å²) >= 11 is 0. The third-order valence-corrected chi connectivity index (χ3v) is 6.12. The molecule has 2 bridgehead atoms. The molecule has 5 fully saturated rings. The summed E-state index contributed by atoms with van der Waals surface area (Å²) in [5.41, 5.74) is -0.549. The fourth-order valence-electron chi connectivity index (χ4n) is 4.89. The summed E-state index contributed by atoms with van der Waals surface area (Å²) < 4.78 is 11.9. The molecule has 0 aromatic heterocycles. The number of aliphatic hydroxyl groups is 1. The highest BCUT2D eigenvalue weighted by atomic mass is 17.3. The van der Waals surface area contributed by atoms with E-state index in [0.29, 0.717) is 11.8 Å². The fourth-order valence-corrected chi connectivity index (χ4v) is 4.89. The van der Waals surface area contributed by atoms with Crippen LogP contribution >= 0.6 is 0 Å². The largest absolute Gasteiger partial charge is 0.368 e. The zero-order valence-electron chi connectivity index (χ0n) is 12.4. The molecular formula is C15H24O5. The van der Waals surface area contributed by atoms with Crippen LogP contribution in [-0.2, 0) is 19.2 Å². The van der Waals surface area contributed by atoms with Gasteiger partial charge < -0.3 is 14.6 Å². The molecular weight excluding hydrogens is 260 g/mol. The van der Waals surface area contributed by atoms with Gasteiger partial charge >= 0.3 is 0 Å². The Labute approximate surface area is 119 Å². The lowest BCUT2D eigenvalue weighted by molar-refractivity contribution is -0.576. The molecule has 8 atom stereocenters. The average molecular weight is 284 g/mol. The van der Waals surface area contributed by atoms with E-state index in [1.807, 2.05) is 13.8 Å². The summed E-state index contributed by atoms with van der Waals surface area (Å²) in [5, 5.41) is 10.2. The van der Waals surface area contributed by atoms with Gasteiger partial charge in [-0.3, -0.25) is 0 Å². The van der Waals surface area contributed by atoms with Gasteiger partial charge in [0.2, 0.25) is 5.79 Å². The van der Waals surface area contributed by atoms with Crippen molar-refractivity contribution in [2.45, 2.75) is 70.4 Å². The summed E-state index contributed by atoms with van der Waals surface area (Å²) in [5.74, 6) is 0.437. The molecule has 1 aliphatic carbocycles. The molecule has 0 aromatic rings. The van der Waals surface area contributed by atoms with E-state index in [4.69, 9.17) is 19.2 Å². The molecule has 20 heavy (non-hydrogen) atoms. The lowest BCUT2D eigenvalue weighted by atomic mass is 9.58. The molecule has 114 valence electrons. The molecule has 0 aromatic carbocycles. The second kappa shape index (κ2) is 4.17. The molecule has 5 aliphatic rings. The van der Waals surface area contributed by atoms with E-state index in [9.17, 15) is 5.11 Å². The molecule has 5 heteroatoms. The van der Waals surface area contributed by atoms with E-state index in [0.717, 1.165) is 19.3 Å². The van der Waals surface area contributed by atoms with E-state index in [1.165, 1.54) is 6.42 Å². The minimum absolute atomic E-state index is 0.0379. The number of ether oxygens (including phenoxy) is 2. The molecule has 1 N–H and O–H groups in total. The predicted molar refractivity (Wildman–Crippen MR) is 69.0 cm³/mol. The SMILES string of the molecule is C[C@H]1[C@H](O)OC2O[C@]3(C)CC[C@H]4[C@H](C)CC[C@@H]1[C@@]24OO3. The highest BCUT2D eigenvalue weighted by molar-refractivity contribution is 5.08. The molecule has 4 saturated heterocycles. The van der Waals surface area contributed by atoms with Crippen molar-refractivity contribution < 1.29 is 24.4 Å². The van der Waals surface area contributed by atoms with Crippen molar-refractivity contribution in [2.75, 3.05) is 0 Å². The molecule has 4 aliphatic heterocycles. The molecule has 4 heterocycles. The first kappa shape index (κ1) is 13.5. The number of aliphatic hydroxyl groups excluding tert-OH is 1. The summed E-state index contributed by atoms with van der Waals surface area (Å²) in [7, 11) is 0. The van der Waals surface area contributed by atoms with Crippen molar-refractivity contribution >= 4 is 0 Å². The average Bonchev–Trinajstić information content (AvgIpc) is 2.63. The van der Waals surface area contributed by atoms with Crippen molar-refractivity contribution in [3.05, 3.63) is 0 Å². The molecule has 1 saturated carbocycles. The van der Waals surface area contributed by atoms with Gasteiger partial charge in [-0.25, -0.2) is 9.78 Å². The Balaban J connectivity index is 1.82. The van der Waals surface area contributed by atoms with Gasteiger partial charge in [-0.05, 0) is 38.0 Å². The monoisotopic (exact) mass is 284 g/mol. The van der Waals surface area contributed by atoms with E-state index in [2.05, 4.69) is 6.92 Å². The zero-order chi connectivity index (χ0) is 14.1. The van der Waals surface area contributed by atoms with Gasteiger partial charge in [-0.1, -0.05) is 13.8 Å². The maximum absolute atomic E-state index is 10.2. The standard InChI is InChI=1S/C15H24O5/c1-8-4-5-11-9(2)12(16)17-13-15(11)10(8)6-7-14(3,18-13)19-20-15/h8-13,16H,4-7H2,1-3H3/t8-,9-,10+,11+,12-,13?,14+,15-/m1/s1. The van der Waals surface area contributed by atoms with Crippen LogP contribution in [0.3, 0.4) is 0 Å². The molecule has 5 nitrogen and oxygen atoms in total. The van der Waals surface area contributed by atoms with Gasteiger partial charge in [0.25, 0.3) is 0 Å². The minimum Gasteiger partial charge on any atom is -0.368 e. The highest BCUT2D eigenvalue weighted by Gasteiger charge is 2.69. The maximum atomic E-state index is 10.2. The smallest absolute Gasteiger partial charge is 0.201 e. The summed E-state index contributed by atoms with van der Waals surface area (Å²) in [4.78, 5) is 11.6. The van der Waals surface area contributed by atoms with Crippen LogP contribution in [0, 0.1) is 23.7 Å². The zero-order valence-corrected chi connectivity index (χ0v) is 12.4.